The van der Waals surface area contributed by atoms with Gasteiger partial charge >= 0.3 is 0 Å². The first-order valence-corrected chi connectivity index (χ1v) is 6.02. The van der Waals surface area contributed by atoms with E-state index in [1.165, 1.54) is 0 Å². The summed E-state index contributed by atoms with van der Waals surface area (Å²) < 4.78 is 11.2. The summed E-state index contributed by atoms with van der Waals surface area (Å²) in [7, 11) is -0.567. The van der Waals surface area contributed by atoms with Crippen LogP contribution in [-0.4, -0.2) is 38.7 Å². The second-order valence-corrected chi connectivity index (χ2v) is 6.15. The van der Waals surface area contributed by atoms with Gasteiger partial charge in [0.05, 0.1) is 0 Å². The molecule has 1 saturated heterocycles. The van der Waals surface area contributed by atoms with Crippen LogP contribution in [0.2, 0.25) is 0 Å². The first-order chi connectivity index (χ1) is 5.41. The molecule has 0 aromatic rings. The van der Waals surface area contributed by atoms with Gasteiger partial charge < -0.3 is 0 Å². The van der Waals surface area contributed by atoms with Crippen molar-refractivity contribution >= 4 is 10.8 Å². The Kier molecular flexibility index (Phi) is 2.94. The van der Waals surface area contributed by atoms with Crippen molar-refractivity contribution in [3.63, 3.8) is 0 Å². The van der Waals surface area contributed by atoms with E-state index in [-0.39, 0.29) is 5.54 Å². The number of nitrogens with zero attached hydrogens (tertiary/aromatic N) is 1. The smallest absolute Gasteiger partial charge is 0.0389 e. The minimum atomic E-state index is -0.567. The molecule has 1 rings (SSSR count). The highest BCUT2D eigenvalue weighted by Crippen LogP contribution is 2.20. The molecule has 2 nitrogen and oxygen atoms in total. The second-order valence-electron chi connectivity index (χ2n) is 4.52. The molecule has 0 aromatic heterocycles. The molecule has 0 amide bonds. The standard InChI is InChI=1S/C9H19NOS/c1-8-7-12(11)6-5-10(8)9(2,3)4/h8H,5-7H2,1-4H3/t8-,12?/m0/s1. The number of hydrogen-bond donors (Lipinski definition) is 0. The lowest BCUT2D eigenvalue weighted by atomic mass is 10.0. The maximum absolute atomic E-state index is 11.2. The van der Waals surface area contributed by atoms with Crippen LogP contribution in [-0.2, 0) is 10.8 Å². The molecule has 1 aliphatic rings. The van der Waals surface area contributed by atoms with Crippen LogP contribution in [0.1, 0.15) is 27.7 Å². The van der Waals surface area contributed by atoms with Crippen LogP contribution >= 0.6 is 0 Å². The summed E-state index contributed by atoms with van der Waals surface area (Å²) >= 11 is 0. The van der Waals surface area contributed by atoms with Gasteiger partial charge in [0.15, 0.2) is 0 Å². The first kappa shape index (κ1) is 10.2. The molecular formula is C9H19NOS. The third-order valence-corrected chi connectivity index (χ3v) is 3.87. The van der Waals surface area contributed by atoms with Crippen LogP contribution in [0.4, 0.5) is 0 Å². The van der Waals surface area contributed by atoms with Crippen LogP contribution in [0, 0.1) is 0 Å². The Morgan fingerprint density at radius 1 is 1.42 bits per heavy atom. The van der Waals surface area contributed by atoms with Gasteiger partial charge in [-0.15, -0.1) is 0 Å². The van der Waals surface area contributed by atoms with Gasteiger partial charge in [-0.1, -0.05) is 0 Å². The molecule has 12 heavy (non-hydrogen) atoms. The normalized spacial score (nSPS) is 33.7. The summed E-state index contributed by atoms with van der Waals surface area (Å²) in [6, 6.07) is 0.472. The van der Waals surface area contributed by atoms with Gasteiger partial charge in [-0.2, -0.15) is 0 Å². The lowest BCUT2D eigenvalue weighted by Crippen LogP contribution is -2.53. The number of rotatable bonds is 0. The predicted molar refractivity (Wildman–Crippen MR) is 53.8 cm³/mol. The van der Waals surface area contributed by atoms with E-state index in [2.05, 4.69) is 32.6 Å². The van der Waals surface area contributed by atoms with E-state index in [9.17, 15) is 4.21 Å². The van der Waals surface area contributed by atoms with Crippen LogP contribution in [0.25, 0.3) is 0 Å². The van der Waals surface area contributed by atoms with Gasteiger partial charge in [-0.3, -0.25) is 9.11 Å². The van der Waals surface area contributed by atoms with Gasteiger partial charge in [0.2, 0.25) is 0 Å². The SMILES string of the molecule is C[C@H]1CS(=O)CCN1C(C)(C)C. The fourth-order valence-corrected chi connectivity index (χ4v) is 3.14. The fourth-order valence-electron chi connectivity index (χ4n) is 1.86. The Hall–Kier alpha value is 0.110. The van der Waals surface area contributed by atoms with Gasteiger partial charge in [-0.25, -0.2) is 0 Å². The third-order valence-electron chi connectivity index (χ3n) is 2.38. The van der Waals surface area contributed by atoms with Crippen molar-refractivity contribution in [3.8, 4) is 0 Å². The second kappa shape index (κ2) is 3.46. The fraction of sp³-hybridized carbons (Fsp3) is 1.00. The molecule has 1 aliphatic heterocycles. The molecule has 0 spiro atoms. The molecule has 0 bridgehead atoms. The van der Waals surface area contributed by atoms with E-state index in [1.807, 2.05) is 0 Å². The predicted octanol–water partition coefficient (Wildman–Crippen LogP) is 1.24. The van der Waals surface area contributed by atoms with Gasteiger partial charge in [0.25, 0.3) is 0 Å². The summed E-state index contributed by atoms with van der Waals surface area (Å²) in [5.41, 5.74) is 0.226. The van der Waals surface area contributed by atoms with Gasteiger partial charge in [0.1, 0.15) is 0 Å². The largest absolute Gasteiger partial charge is 0.294 e. The van der Waals surface area contributed by atoms with E-state index in [1.54, 1.807) is 0 Å². The summed E-state index contributed by atoms with van der Waals surface area (Å²) in [5, 5.41) is 0. The molecule has 0 saturated carbocycles. The van der Waals surface area contributed by atoms with E-state index >= 15 is 0 Å². The zero-order valence-corrected chi connectivity index (χ0v) is 9.28. The average Bonchev–Trinajstić information content (AvgIpc) is 1.83. The highest BCUT2D eigenvalue weighted by Gasteiger charge is 2.30. The van der Waals surface area contributed by atoms with Crippen molar-refractivity contribution in [2.24, 2.45) is 0 Å². The van der Waals surface area contributed by atoms with Crippen molar-refractivity contribution < 1.29 is 4.21 Å². The van der Waals surface area contributed by atoms with Crippen molar-refractivity contribution in [3.05, 3.63) is 0 Å². The number of hydrogen-bond acceptors (Lipinski definition) is 2. The summed E-state index contributed by atoms with van der Waals surface area (Å²) in [6.07, 6.45) is 0. The Labute approximate surface area is 77.8 Å². The third kappa shape index (κ3) is 2.30. The van der Waals surface area contributed by atoms with E-state index < -0.39 is 10.8 Å². The van der Waals surface area contributed by atoms with Crippen LogP contribution in [0.15, 0.2) is 0 Å². The van der Waals surface area contributed by atoms with E-state index in [0.717, 1.165) is 18.1 Å². The lowest BCUT2D eigenvalue weighted by molar-refractivity contribution is 0.105. The van der Waals surface area contributed by atoms with Crippen molar-refractivity contribution in [2.45, 2.75) is 39.3 Å². The van der Waals surface area contributed by atoms with Crippen LogP contribution in [0.3, 0.4) is 0 Å². The Bertz CT molecular complexity index is 185. The van der Waals surface area contributed by atoms with Gasteiger partial charge in [-0.05, 0) is 27.7 Å². The summed E-state index contributed by atoms with van der Waals surface area (Å²) in [6.45, 7) is 9.81. The molecule has 1 unspecified atom stereocenters. The van der Waals surface area contributed by atoms with E-state index in [0.29, 0.717) is 6.04 Å². The van der Waals surface area contributed by atoms with Crippen molar-refractivity contribution in [1.29, 1.82) is 0 Å². The molecule has 0 N–H and O–H groups in total. The molecule has 3 heteroatoms. The molecule has 2 atom stereocenters. The van der Waals surface area contributed by atoms with Gasteiger partial charge in [0, 0.05) is 40.4 Å². The molecule has 72 valence electrons. The maximum atomic E-state index is 11.2. The molecule has 0 radical (unpaired) electrons. The van der Waals surface area contributed by atoms with Crippen LogP contribution < -0.4 is 0 Å². The zero-order valence-electron chi connectivity index (χ0n) is 8.46. The quantitative estimate of drug-likeness (QED) is 0.571. The Morgan fingerprint density at radius 2 is 2.00 bits per heavy atom. The lowest BCUT2D eigenvalue weighted by Gasteiger charge is -2.42. The van der Waals surface area contributed by atoms with Crippen molar-refractivity contribution in [1.82, 2.24) is 4.90 Å². The summed E-state index contributed by atoms with van der Waals surface area (Å²) in [5.74, 6) is 1.69. The topological polar surface area (TPSA) is 20.3 Å². The molecular weight excluding hydrogens is 170 g/mol. The minimum absolute atomic E-state index is 0.226. The summed E-state index contributed by atoms with van der Waals surface area (Å²) in [4.78, 5) is 2.44. The highest BCUT2D eigenvalue weighted by molar-refractivity contribution is 7.85. The average molecular weight is 189 g/mol. The molecule has 0 aliphatic carbocycles. The van der Waals surface area contributed by atoms with Crippen LogP contribution in [0.5, 0.6) is 0 Å². The van der Waals surface area contributed by atoms with E-state index in [4.69, 9.17) is 0 Å². The maximum Gasteiger partial charge on any atom is 0.0389 e. The first-order valence-electron chi connectivity index (χ1n) is 4.53. The molecule has 1 fully saturated rings. The zero-order chi connectivity index (χ0) is 9.35. The monoisotopic (exact) mass is 189 g/mol. The molecule has 1 heterocycles. The Balaban J connectivity index is 2.62. The Morgan fingerprint density at radius 3 is 2.42 bits per heavy atom. The highest BCUT2D eigenvalue weighted by atomic mass is 32.2. The molecule has 0 aromatic carbocycles. The minimum Gasteiger partial charge on any atom is -0.294 e. The van der Waals surface area contributed by atoms with Crippen molar-refractivity contribution in [2.75, 3.05) is 18.1 Å².